The van der Waals surface area contributed by atoms with Crippen LogP contribution in [0.5, 0.6) is 0 Å². The zero-order valence-corrected chi connectivity index (χ0v) is 11.7. The molecule has 3 rings (SSSR count). The van der Waals surface area contributed by atoms with Crippen molar-refractivity contribution in [3.8, 4) is 6.07 Å². The third-order valence-electron chi connectivity index (χ3n) is 3.94. The summed E-state index contributed by atoms with van der Waals surface area (Å²) in [6.07, 6.45) is 6.52. The number of benzene rings is 1. The molecule has 102 valence electrons. The molecule has 0 spiro atoms. The minimum absolute atomic E-state index is 0.472. The lowest BCUT2D eigenvalue weighted by Gasteiger charge is -2.23. The molecule has 1 aliphatic heterocycles. The van der Waals surface area contributed by atoms with Gasteiger partial charge in [0.1, 0.15) is 0 Å². The third kappa shape index (κ3) is 2.59. The van der Waals surface area contributed by atoms with Gasteiger partial charge in [0.2, 0.25) is 0 Å². The molecule has 1 aliphatic rings. The van der Waals surface area contributed by atoms with Crippen LogP contribution in [0.3, 0.4) is 0 Å². The van der Waals surface area contributed by atoms with E-state index < -0.39 is 0 Å². The van der Waals surface area contributed by atoms with Crippen LogP contribution in [0.4, 0.5) is 0 Å². The molecule has 0 bridgehead atoms. The van der Waals surface area contributed by atoms with Crippen LogP contribution in [-0.4, -0.2) is 21.2 Å². The van der Waals surface area contributed by atoms with Crippen LogP contribution in [0.15, 0.2) is 36.7 Å². The molecule has 1 atom stereocenters. The highest BCUT2D eigenvalue weighted by Crippen LogP contribution is 2.32. The van der Waals surface area contributed by atoms with Gasteiger partial charge in [-0.2, -0.15) is 10.4 Å². The van der Waals surface area contributed by atoms with Crippen molar-refractivity contribution in [2.45, 2.75) is 25.4 Å². The maximum Gasteiger partial charge on any atom is 0.0991 e. The van der Waals surface area contributed by atoms with E-state index >= 15 is 0 Å². The molecule has 1 fully saturated rings. The zero-order valence-electron chi connectivity index (χ0n) is 11.7. The topological polar surface area (TPSA) is 44.9 Å². The van der Waals surface area contributed by atoms with E-state index in [1.165, 1.54) is 24.0 Å². The summed E-state index contributed by atoms with van der Waals surface area (Å²) in [6, 6.07) is 10.5. The van der Waals surface area contributed by atoms with Gasteiger partial charge in [-0.15, -0.1) is 0 Å². The highest BCUT2D eigenvalue weighted by atomic mass is 15.3. The number of nitrogens with zero attached hydrogens (tertiary/aromatic N) is 4. The van der Waals surface area contributed by atoms with Crippen molar-refractivity contribution in [2.24, 2.45) is 7.05 Å². The average Bonchev–Trinajstić information content (AvgIpc) is 3.08. The van der Waals surface area contributed by atoms with Crippen LogP contribution in [0, 0.1) is 11.3 Å². The van der Waals surface area contributed by atoms with E-state index in [1.807, 2.05) is 30.1 Å². The highest BCUT2D eigenvalue weighted by Gasteiger charge is 2.26. The average molecular weight is 266 g/mol. The molecule has 1 aromatic heterocycles. The first-order valence-electron chi connectivity index (χ1n) is 6.98. The monoisotopic (exact) mass is 266 g/mol. The van der Waals surface area contributed by atoms with Crippen molar-refractivity contribution < 1.29 is 0 Å². The van der Waals surface area contributed by atoms with Crippen LogP contribution in [0.25, 0.3) is 0 Å². The first kappa shape index (κ1) is 12.9. The normalized spacial score (nSPS) is 19.1. The zero-order chi connectivity index (χ0) is 13.9. The molecule has 20 heavy (non-hydrogen) atoms. The van der Waals surface area contributed by atoms with Crippen molar-refractivity contribution in [1.29, 1.82) is 5.26 Å². The second-order valence-electron chi connectivity index (χ2n) is 5.38. The minimum Gasteiger partial charge on any atom is -0.292 e. The minimum atomic E-state index is 0.472. The van der Waals surface area contributed by atoms with Crippen molar-refractivity contribution in [2.75, 3.05) is 6.54 Å². The Morgan fingerprint density at radius 2 is 2.15 bits per heavy atom. The molecule has 1 unspecified atom stereocenters. The second kappa shape index (κ2) is 5.48. The van der Waals surface area contributed by atoms with Crippen molar-refractivity contribution >= 4 is 0 Å². The Hall–Kier alpha value is -2.12. The molecule has 4 heteroatoms. The van der Waals surface area contributed by atoms with Gasteiger partial charge >= 0.3 is 0 Å². The van der Waals surface area contributed by atoms with E-state index in [4.69, 9.17) is 5.26 Å². The lowest BCUT2D eigenvalue weighted by atomic mass is 10.1. The fourth-order valence-electron chi connectivity index (χ4n) is 2.92. The Labute approximate surface area is 119 Å². The largest absolute Gasteiger partial charge is 0.292 e. The standard InChI is InChI=1S/C16H18N4/c1-19-12-15(10-18-19)16-3-2-8-20(16)11-14-6-4-13(9-17)5-7-14/h4-7,10,12,16H,2-3,8,11H2,1H3. The van der Waals surface area contributed by atoms with Gasteiger partial charge in [-0.3, -0.25) is 9.58 Å². The van der Waals surface area contributed by atoms with Gasteiger partial charge < -0.3 is 0 Å². The van der Waals surface area contributed by atoms with Gasteiger partial charge in [0.05, 0.1) is 17.8 Å². The van der Waals surface area contributed by atoms with Crippen LogP contribution in [0.1, 0.15) is 35.6 Å². The summed E-state index contributed by atoms with van der Waals surface area (Å²) in [5, 5.41) is 13.1. The lowest BCUT2D eigenvalue weighted by molar-refractivity contribution is 0.248. The predicted molar refractivity (Wildman–Crippen MR) is 76.8 cm³/mol. The van der Waals surface area contributed by atoms with E-state index in [0.717, 1.165) is 18.7 Å². The van der Waals surface area contributed by atoms with Gasteiger partial charge in [-0.25, -0.2) is 0 Å². The summed E-state index contributed by atoms with van der Waals surface area (Å²) < 4.78 is 1.87. The van der Waals surface area contributed by atoms with Gasteiger partial charge in [0.25, 0.3) is 0 Å². The van der Waals surface area contributed by atoms with Crippen molar-refractivity contribution in [1.82, 2.24) is 14.7 Å². The summed E-state index contributed by atoms with van der Waals surface area (Å²) >= 11 is 0. The van der Waals surface area contributed by atoms with Gasteiger partial charge in [-0.1, -0.05) is 12.1 Å². The number of aromatic nitrogens is 2. The molecular formula is C16H18N4. The molecule has 4 nitrogen and oxygen atoms in total. The van der Waals surface area contributed by atoms with Crippen LogP contribution in [-0.2, 0) is 13.6 Å². The summed E-state index contributed by atoms with van der Waals surface area (Å²) in [4.78, 5) is 2.50. The van der Waals surface area contributed by atoms with Gasteiger partial charge in [0, 0.05) is 31.4 Å². The summed E-state index contributed by atoms with van der Waals surface area (Å²) in [6.45, 7) is 2.06. The van der Waals surface area contributed by atoms with Crippen molar-refractivity contribution in [3.63, 3.8) is 0 Å². The SMILES string of the molecule is Cn1cc(C2CCCN2Cc2ccc(C#N)cc2)cn1. The second-order valence-corrected chi connectivity index (χ2v) is 5.38. The fraction of sp³-hybridized carbons (Fsp3) is 0.375. The summed E-state index contributed by atoms with van der Waals surface area (Å²) in [5.74, 6) is 0. The Kier molecular flexibility index (Phi) is 3.53. The highest BCUT2D eigenvalue weighted by molar-refractivity contribution is 5.31. The molecular weight excluding hydrogens is 248 g/mol. The maximum atomic E-state index is 8.84. The van der Waals surface area contributed by atoms with Crippen LogP contribution >= 0.6 is 0 Å². The molecule has 0 N–H and O–H groups in total. The van der Waals surface area contributed by atoms with E-state index in [9.17, 15) is 0 Å². The first-order chi connectivity index (χ1) is 9.76. The van der Waals surface area contributed by atoms with Crippen LogP contribution < -0.4 is 0 Å². The van der Waals surface area contributed by atoms with Crippen molar-refractivity contribution in [3.05, 3.63) is 53.3 Å². The Bertz CT molecular complexity index is 621. The number of hydrogen-bond donors (Lipinski definition) is 0. The number of likely N-dealkylation sites (tertiary alicyclic amines) is 1. The Morgan fingerprint density at radius 1 is 1.35 bits per heavy atom. The number of hydrogen-bond acceptors (Lipinski definition) is 3. The number of rotatable bonds is 3. The van der Waals surface area contributed by atoms with E-state index in [-0.39, 0.29) is 0 Å². The first-order valence-corrected chi connectivity index (χ1v) is 6.98. The van der Waals surface area contributed by atoms with Gasteiger partial charge in [-0.05, 0) is 37.1 Å². The molecule has 2 heterocycles. The third-order valence-corrected chi connectivity index (χ3v) is 3.94. The smallest absolute Gasteiger partial charge is 0.0991 e. The predicted octanol–water partition coefficient (Wildman–Crippen LogP) is 2.63. The molecule has 2 aromatic rings. The molecule has 0 radical (unpaired) electrons. The number of nitriles is 1. The Morgan fingerprint density at radius 3 is 2.80 bits per heavy atom. The Balaban J connectivity index is 1.74. The molecule has 0 amide bonds. The molecule has 0 aliphatic carbocycles. The van der Waals surface area contributed by atoms with E-state index in [0.29, 0.717) is 6.04 Å². The van der Waals surface area contributed by atoms with E-state index in [2.05, 4.69) is 34.4 Å². The summed E-state index contributed by atoms with van der Waals surface area (Å²) in [7, 11) is 1.96. The van der Waals surface area contributed by atoms with E-state index in [1.54, 1.807) is 0 Å². The lowest BCUT2D eigenvalue weighted by Crippen LogP contribution is -2.22. The van der Waals surface area contributed by atoms with Gasteiger partial charge in [0.15, 0.2) is 0 Å². The molecule has 1 aromatic carbocycles. The molecule has 0 saturated carbocycles. The fourth-order valence-corrected chi connectivity index (χ4v) is 2.92. The summed E-state index contributed by atoms with van der Waals surface area (Å²) in [5.41, 5.74) is 3.29. The maximum absolute atomic E-state index is 8.84. The molecule has 1 saturated heterocycles. The quantitative estimate of drug-likeness (QED) is 0.858. The number of aryl methyl sites for hydroxylation is 1. The van der Waals surface area contributed by atoms with Crippen LogP contribution in [0.2, 0.25) is 0 Å².